The summed E-state index contributed by atoms with van der Waals surface area (Å²) >= 11 is 0. The Bertz CT molecular complexity index is 82.7. The van der Waals surface area contributed by atoms with E-state index in [1.165, 1.54) is 25.7 Å². The van der Waals surface area contributed by atoms with E-state index < -0.39 is 0 Å². The summed E-state index contributed by atoms with van der Waals surface area (Å²) in [7, 11) is 0. The Morgan fingerprint density at radius 1 is 1.20 bits per heavy atom. The van der Waals surface area contributed by atoms with Crippen molar-refractivity contribution in [3.63, 3.8) is 0 Å². The van der Waals surface area contributed by atoms with Crippen LogP contribution in [0, 0.1) is 18.8 Å². The van der Waals surface area contributed by atoms with Gasteiger partial charge in [-0.05, 0) is 18.3 Å². The minimum Gasteiger partial charge on any atom is -0.396 e. The summed E-state index contributed by atoms with van der Waals surface area (Å²) in [5.74, 6) is 1.48. The van der Waals surface area contributed by atoms with Crippen molar-refractivity contribution in [2.24, 2.45) is 11.8 Å². The van der Waals surface area contributed by atoms with E-state index in [4.69, 9.17) is 5.11 Å². The molecule has 0 unspecified atom stereocenters. The summed E-state index contributed by atoms with van der Waals surface area (Å²) in [5.41, 5.74) is 0. The fourth-order valence-electron chi connectivity index (χ4n) is 1.70. The van der Waals surface area contributed by atoms with Gasteiger partial charge in [0.1, 0.15) is 0 Å². The van der Waals surface area contributed by atoms with Gasteiger partial charge in [0, 0.05) is 6.61 Å². The molecule has 0 aromatic heterocycles. The zero-order chi connectivity index (χ0) is 7.40. The highest BCUT2D eigenvalue weighted by atomic mass is 16.3. The normalized spacial score (nSPS) is 34.2. The van der Waals surface area contributed by atoms with Crippen molar-refractivity contribution in [1.29, 1.82) is 0 Å². The summed E-state index contributed by atoms with van der Waals surface area (Å²) in [5, 5.41) is 8.67. The number of aliphatic hydroxyl groups is 1. The van der Waals surface area contributed by atoms with Crippen molar-refractivity contribution in [3.8, 4) is 0 Å². The molecule has 1 nitrogen and oxygen atoms in total. The highest BCUT2D eigenvalue weighted by molar-refractivity contribution is 4.73. The van der Waals surface area contributed by atoms with Crippen LogP contribution in [0.4, 0.5) is 0 Å². The molecule has 1 N–H and O–H groups in total. The number of aliphatic hydroxyl groups excluding tert-OH is 1. The van der Waals surface area contributed by atoms with Gasteiger partial charge in [-0.2, -0.15) is 0 Å². The smallest absolute Gasteiger partial charge is 0.0433 e. The maximum atomic E-state index is 8.67. The van der Waals surface area contributed by atoms with Gasteiger partial charge in [-0.25, -0.2) is 0 Å². The van der Waals surface area contributed by atoms with Crippen LogP contribution in [0.5, 0.6) is 0 Å². The summed E-state index contributed by atoms with van der Waals surface area (Å²) < 4.78 is 0. The average molecular weight is 141 g/mol. The second-order valence-electron chi connectivity index (χ2n) is 3.40. The first-order valence-electron chi connectivity index (χ1n) is 4.27. The topological polar surface area (TPSA) is 20.2 Å². The molecule has 1 heteroatoms. The molecular weight excluding hydrogens is 124 g/mol. The molecule has 0 saturated heterocycles. The van der Waals surface area contributed by atoms with E-state index in [2.05, 4.69) is 6.92 Å². The highest BCUT2D eigenvalue weighted by Crippen LogP contribution is 2.29. The molecule has 0 aliphatic heterocycles. The van der Waals surface area contributed by atoms with E-state index in [9.17, 15) is 0 Å². The third-order valence-electron chi connectivity index (χ3n) is 2.50. The van der Waals surface area contributed by atoms with E-state index in [0.717, 1.165) is 12.3 Å². The fraction of sp³-hybridized carbons (Fsp3) is 0.889. The second kappa shape index (κ2) is 3.97. The van der Waals surface area contributed by atoms with Crippen LogP contribution >= 0.6 is 0 Å². The molecule has 0 atom stereocenters. The lowest BCUT2D eigenvalue weighted by Gasteiger charge is -2.25. The first-order valence-corrected chi connectivity index (χ1v) is 4.27. The van der Waals surface area contributed by atoms with E-state index in [-0.39, 0.29) is 0 Å². The number of hydrogen-bond donors (Lipinski definition) is 1. The van der Waals surface area contributed by atoms with Crippen LogP contribution in [0.2, 0.25) is 0 Å². The number of rotatable bonds is 2. The van der Waals surface area contributed by atoms with Crippen molar-refractivity contribution in [2.45, 2.75) is 32.1 Å². The van der Waals surface area contributed by atoms with E-state index in [1.54, 1.807) is 0 Å². The molecule has 1 rings (SSSR count). The zero-order valence-electron chi connectivity index (χ0n) is 6.55. The molecule has 1 aliphatic carbocycles. The lowest BCUT2D eigenvalue weighted by Crippen LogP contribution is -2.13. The largest absolute Gasteiger partial charge is 0.396 e. The summed E-state index contributed by atoms with van der Waals surface area (Å²) in [6.07, 6.45) is 6.12. The van der Waals surface area contributed by atoms with E-state index in [1.807, 2.05) is 0 Å². The molecular formula is C9H17O. The van der Waals surface area contributed by atoms with E-state index >= 15 is 0 Å². The van der Waals surface area contributed by atoms with Crippen LogP contribution in [-0.4, -0.2) is 11.7 Å². The highest BCUT2D eigenvalue weighted by Gasteiger charge is 2.16. The first kappa shape index (κ1) is 8.06. The lowest BCUT2D eigenvalue weighted by molar-refractivity contribution is 0.217. The van der Waals surface area contributed by atoms with Crippen LogP contribution in [-0.2, 0) is 0 Å². The molecule has 59 valence electrons. The lowest BCUT2D eigenvalue weighted by atomic mass is 9.82. The van der Waals surface area contributed by atoms with Crippen LogP contribution < -0.4 is 0 Å². The van der Waals surface area contributed by atoms with Crippen molar-refractivity contribution in [1.82, 2.24) is 0 Å². The van der Waals surface area contributed by atoms with Gasteiger partial charge >= 0.3 is 0 Å². The van der Waals surface area contributed by atoms with Gasteiger partial charge in [0.05, 0.1) is 0 Å². The Labute approximate surface area is 63.4 Å². The molecule has 1 aliphatic rings. The molecule has 0 heterocycles. The van der Waals surface area contributed by atoms with Gasteiger partial charge < -0.3 is 5.11 Å². The van der Waals surface area contributed by atoms with Gasteiger partial charge in [-0.3, -0.25) is 0 Å². The number of hydrogen-bond acceptors (Lipinski definition) is 1. The Kier molecular flexibility index (Phi) is 3.20. The fourth-order valence-corrected chi connectivity index (χ4v) is 1.70. The van der Waals surface area contributed by atoms with Crippen molar-refractivity contribution in [2.75, 3.05) is 6.61 Å². The van der Waals surface area contributed by atoms with Crippen molar-refractivity contribution < 1.29 is 5.11 Å². The monoisotopic (exact) mass is 141 g/mol. The SMILES string of the molecule is [CH2][C@H]1CC[C@@H](CCO)CC1. The van der Waals surface area contributed by atoms with Crippen LogP contribution in [0.1, 0.15) is 32.1 Å². The van der Waals surface area contributed by atoms with Crippen LogP contribution in [0.15, 0.2) is 0 Å². The molecule has 0 aromatic carbocycles. The minimum atomic E-state index is 0.368. The molecule has 0 amide bonds. The van der Waals surface area contributed by atoms with Gasteiger partial charge in [-0.1, -0.05) is 32.6 Å². The molecule has 1 fully saturated rings. The molecule has 0 bridgehead atoms. The maximum Gasteiger partial charge on any atom is 0.0433 e. The Balaban J connectivity index is 2.13. The molecule has 0 aromatic rings. The maximum absolute atomic E-state index is 8.67. The van der Waals surface area contributed by atoms with Crippen LogP contribution in [0.25, 0.3) is 0 Å². The minimum absolute atomic E-state index is 0.368. The first-order chi connectivity index (χ1) is 4.83. The standard InChI is InChI=1S/C9H17O/c1-8-2-4-9(5-3-8)6-7-10/h8-10H,1-7H2/t8-,9+. The third-order valence-corrected chi connectivity index (χ3v) is 2.50. The summed E-state index contributed by atoms with van der Waals surface area (Å²) in [4.78, 5) is 0. The van der Waals surface area contributed by atoms with Crippen molar-refractivity contribution in [3.05, 3.63) is 6.92 Å². The quantitative estimate of drug-likeness (QED) is 0.623. The molecule has 1 saturated carbocycles. The van der Waals surface area contributed by atoms with Gasteiger partial charge in [0.15, 0.2) is 0 Å². The van der Waals surface area contributed by atoms with Gasteiger partial charge in [-0.15, -0.1) is 0 Å². The van der Waals surface area contributed by atoms with Crippen LogP contribution in [0.3, 0.4) is 0 Å². The van der Waals surface area contributed by atoms with Crippen molar-refractivity contribution >= 4 is 0 Å². The summed E-state index contributed by atoms with van der Waals surface area (Å²) in [6.45, 7) is 4.40. The zero-order valence-corrected chi connectivity index (χ0v) is 6.55. The third kappa shape index (κ3) is 2.30. The Hall–Kier alpha value is -0.0400. The van der Waals surface area contributed by atoms with Gasteiger partial charge in [0.2, 0.25) is 0 Å². The predicted molar refractivity (Wildman–Crippen MR) is 42.5 cm³/mol. The average Bonchev–Trinajstić information content (AvgIpc) is 1.95. The predicted octanol–water partition coefficient (Wildman–Crippen LogP) is 2.01. The van der Waals surface area contributed by atoms with E-state index in [0.29, 0.717) is 12.5 Å². The van der Waals surface area contributed by atoms with Gasteiger partial charge in [0.25, 0.3) is 0 Å². The molecule has 1 radical (unpaired) electrons. The Morgan fingerprint density at radius 2 is 1.80 bits per heavy atom. The molecule has 0 spiro atoms. The molecule has 10 heavy (non-hydrogen) atoms. The Morgan fingerprint density at radius 3 is 2.30 bits per heavy atom. The summed E-state index contributed by atoms with van der Waals surface area (Å²) in [6, 6.07) is 0. The second-order valence-corrected chi connectivity index (χ2v) is 3.40.